The van der Waals surface area contributed by atoms with Crippen LogP contribution in [0.25, 0.3) is 0 Å². The number of ether oxygens (including phenoxy) is 6. The SMILES string of the molecule is Cc1c(C)c2c(c(C)c1OC(=O)CCC(=O)OCC1CCN(CCSCSCCN3CCC(COC(=O)CCC(=O)Oc4c(C)c(C)c5c(c4C)CCC(C)(CCCC(C)CCCC(C)CCCC(C)C)O5)CC3)CC1)CCC(C)(CCCC(C)CCCC(C)CCCC(C)C)O2. The van der Waals surface area contributed by atoms with Gasteiger partial charge in [-0.25, -0.2) is 0 Å². The van der Waals surface area contributed by atoms with Crippen LogP contribution in [0, 0.1) is 88.9 Å². The van der Waals surface area contributed by atoms with Gasteiger partial charge in [0.05, 0.1) is 38.9 Å². The molecule has 0 aromatic heterocycles. The predicted octanol–water partition coefficient (Wildman–Crippen LogP) is 20.6. The van der Waals surface area contributed by atoms with Crippen LogP contribution >= 0.6 is 23.5 Å². The molecule has 97 heavy (non-hydrogen) atoms. The normalized spacial score (nSPS) is 20.0. The molecule has 0 aliphatic carbocycles. The largest absolute Gasteiger partial charge is 0.487 e. The molecule has 4 aliphatic heterocycles. The second-order valence-corrected chi connectivity index (χ2v) is 35.2. The molecule has 0 spiro atoms. The van der Waals surface area contributed by atoms with Crippen molar-refractivity contribution < 1.29 is 47.6 Å². The fraction of sp³-hybridized carbons (Fsp3) is 0.807. The third-order valence-corrected chi connectivity index (χ3v) is 25.1. The standard InChI is InChI=1S/C83H138N2O10S2/c1-58(2)23-17-25-60(5)27-19-29-62(7)31-21-43-82(15)45-37-72-68(13)78(64(9)66(11)80(72)94-82)92-76(88)35-33-74(86)90-55-70-39-47-84(48-40-70)51-53-96-57-97-54-52-85-49-41-71(42-50-85)56-91-75(87)34-36-77(89)93-79-65(10)67(12)81-73(69(79)14)38-46-83(16,95-81)44-22-32-63(8)30-20-28-61(6)26-18-24-59(3)4/h58-63,70-71H,17-57H2,1-16H3. The number of likely N-dealkylation sites (tertiary alicyclic amines) is 2. The second kappa shape index (κ2) is 42.2. The van der Waals surface area contributed by atoms with E-state index in [1.165, 1.54) is 103 Å². The highest BCUT2D eigenvalue weighted by Crippen LogP contribution is 2.47. The summed E-state index contributed by atoms with van der Waals surface area (Å²) in [6, 6.07) is 0. The molecule has 2 aromatic carbocycles. The van der Waals surface area contributed by atoms with E-state index in [9.17, 15) is 19.2 Å². The third-order valence-electron chi connectivity index (χ3n) is 22.8. The first kappa shape index (κ1) is 82.5. The first-order chi connectivity index (χ1) is 46.2. The summed E-state index contributed by atoms with van der Waals surface area (Å²) >= 11 is 4.01. The van der Waals surface area contributed by atoms with Gasteiger partial charge in [0.25, 0.3) is 0 Å². The lowest BCUT2D eigenvalue weighted by Gasteiger charge is -2.38. The van der Waals surface area contributed by atoms with Crippen molar-refractivity contribution in [1.29, 1.82) is 0 Å². The molecule has 2 saturated heterocycles. The quantitative estimate of drug-likeness (QED) is 0.0270. The number of nitrogens with zero attached hydrogens (tertiary/aromatic N) is 2. The van der Waals surface area contributed by atoms with Gasteiger partial charge in [-0.1, -0.05) is 145 Å². The maximum absolute atomic E-state index is 13.2. The van der Waals surface area contributed by atoms with E-state index in [-0.39, 0.29) is 48.8 Å². The number of hydrogen-bond donors (Lipinski definition) is 0. The molecule has 6 rings (SSSR count). The van der Waals surface area contributed by atoms with E-state index in [2.05, 4.69) is 92.9 Å². The number of rotatable bonds is 44. The number of thioether (sulfide) groups is 2. The molecule has 2 aromatic rings. The third kappa shape index (κ3) is 28.7. The fourth-order valence-electron chi connectivity index (χ4n) is 15.4. The van der Waals surface area contributed by atoms with Crippen molar-refractivity contribution in [2.75, 3.05) is 69.1 Å². The minimum Gasteiger partial charge on any atom is -0.487 e. The number of hydrogen-bond acceptors (Lipinski definition) is 14. The Morgan fingerprint density at radius 1 is 0.443 bits per heavy atom. The summed E-state index contributed by atoms with van der Waals surface area (Å²) < 4.78 is 37.2. The first-order valence-corrected chi connectivity index (χ1v) is 41.5. The lowest BCUT2D eigenvalue weighted by Crippen LogP contribution is -2.37. The van der Waals surface area contributed by atoms with Crippen molar-refractivity contribution in [3.63, 3.8) is 0 Å². The summed E-state index contributed by atoms with van der Waals surface area (Å²) in [6.07, 6.45) is 30.7. The summed E-state index contributed by atoms with van der Waals surface area (Å²) in [6.45, 7) is 42.8. The van der Waals surface area contributed by atoms with Gasteiger partial charge in [-0.2, -0.15) is 0 Å². The van der Waals surface area contributed by atoms with Gasteiger partial charge >= 0.3 is 23.9 Å². The van der Waals surface area contributed by atoms with E-state index < -0.39 is 11.9 Å². The zero-order chi connectivity index (χ0) is 70.7. The van der Waals surface area contributed by atoms with Crippen LogP contribution in [0.15, 0.2) is 0 Å². The molecule has 0 amide bonds. The molecule has 0 saturated carbocycles. The maximum Gasteiger partial charge on any atom is 0.311 e. The van der Waals surface area contributed by atoms with Crippen LogP contribution in [0.2, 0.25) is 0 Å². The highest BCUT2D eigenvalue weighted by atomic mass is 32.2. The highest BCUT2D eigenvalue weighted by Gasteiger charge is 2.37. The number of piperidine rings is 2. The molecule has 14 heteroatoms. The molecule has 2 fully saturated rings. The van der Waals surface area contributed by atoms with E-state index in [0.29, 0.717) is 36.5 Å². The van der Waals surface area contributed by atoms with Gasteiger partial charge in [0.1, 0.15) is 34.2 Å². The van der Waals surface area contributed by atoms with E-state index in [0.717, 1.165) is 212 Å². The Kier molecular flexibility index (Phi) is 35.9. The average Bonchev–Trinajstić information content (AvgIpc) is 0.768. The van der Waals surface area contributed by atoms with Crippen LogP contribution < -0.4 is 18.9 Å². The number of benzene rings is 2. The predicted molar refractivity (Wildman–Crippen MR) is 405 cm³/mol. The van der Waals surface area contributed by atoms with Crippen LogP contribution in [0.3, 0.4) is 0 Å². The number of carbonyl (C=O) groups is 4. The molecule has 6 unspecified atom stereocenters. The summed E-state index contributed by atoms with van der Waals surface area (Å²) in [7, 11) is 0. The molecule has 4 heterocycles. The summed E-state index contributed by atoms with van der Waals surface area (Å²) in [5, 5.41) is 1.08. The molecule has 0 N–H and O–H groups in total. The Labute approximate surface area is 599 Å². The fourth-order valence-corrected chi connectivity index (χ4v) is 17.6. The van der Waals surface area contributed by atoms with Crippen LogP contribution in [0.4, 0.5) is 0 Å². The van der Waals surface area contributed by atoms with E-state index in [1.54, 1.807) is 0 Å². The number of fused-ring (bicyclic) bond motifs is 2. The van der Waals surface area contributed by atoms with Gasteiger partial charge in [0.2, 0.25) is 0 Å². The van der Waals surface area contributed by atoms with Crippen LogP contribution in [-0.2, 0) is 41.5 Å². The molecule has 6 atom stereocenters. The minimum atomic E-state index is -0.405. The van der Waals surface area contributed by atoms with Crippen LogP contribution in [0.1, 0.15) is 294 Å². The molecule has 12 nitrogen and oxygen atoms in total. The number of esters is 4. The molecule has 4 aliphatic rings. The zero-order valence-corrected chi connectivity index (χ0v) is 66.0. The Hall–Kier alpha value is -3.46. The second-order valence-electron chi connectivity index (χ2n) is 32.7. The summed E-state index contributed by atoms with van der Waals surface area (Å²) in [5.74, 6) is 9.29. The van der Waals surface area contributed by atoms with E-state index in [1.807, 2.05) is 51.2 Å². The Balaban J connectivity index is 0.747. The van der Waals surface area contributed by atoms with Crippen molar-refractivity contribution in [2.24, 2.45) is 47.3 Å². The van der Waals surface area contributed by atoms with Crippen molar-refractivity contribution in [3.8, 4) is 23.0 Å². The van der Waals surface area contributed by atoms with Gasteiger partial charge in [-0.05, 0) is 239 Å². The Morgan fingerprint density at radius 2 is 0.763 bits per heavy atom. The first-order valence-electron chi connectivity index (χ1n) is 39.2. The van der Waals surface area contributed by atoms with Gasteiger partial charge in [0.15, 0.2) is 0 Å². The Bertz CT molecular complexity index is 2550. The van der Waals surface area contributed by atoms with Crippen molar-refractivity contribution in [3.05, 3.63) is 44.5 Å². The zero-order valence-electron chi connectivity index (χ0n) is 64.4. The minimum absolute atomic E-state index is 0.0112. The van der Waals surface area contributed by atoms with Crippen LogP contribution in [0.5, 0.6) is 23.0 Å². The lowest BCUT2D eigenvalue weighted by molar-refractivity contribution is -0.148. The molecular formula is C83H138N2O10S2. The van der Waals surface area contributed by atoms with Gasteiger partial charge in [-0.3, -0.25) is 19.2 Å². The Morgan fingerprint density at radius 3 is 1.10 bits per heavy atom. The van der Waals surface area contributed by atoms with Crippen molar-refractivity contribution in [1.82, 2.24) is 9.80 Å². The van der Waals surface area contributed by atoms with Gasteiger partial charge < -0.3 is 38.2 Å². The topological polar surface area (TPSA) is 130 Å². The monoisotopic (exact) mass is 1390 g/mol. The molecule has 552 valence electrons. The number of carbonyl (C=O) groups excluding carboxylic acids is 4. The summed E-state index contributed by atoms with van der Waals surface area (Å²) in [5.41, 5.74) is 7.71. The molecular weight excluding hydrogens is 1250 g/mol. The van der Waals surface area contributed by atoms with Crippen molar-refractivity contribution >= 4 is 47.4 Å². The van der Waals surface area contributed by atoms with E-state index in [4.69, 9.17) is 28.4 Å². The van der Waals surface area contributed by atoms with Crippen LogP contribution in [-0.4, -0.2) is 114 Å². The van der Waals surface area contributed by atoms with Crippen molar-refractivity contribution in [2.45, 2.75) is 315 Å². The summed E-state index contributed by atoms with van der Waals surface area (Å²) in [4.78, 5) is 57.2. The molecule has 0 bridgehead atoms. The smallest absolute Gasteiger partial charge is 0.311 e. The lowest BCUT2D eigenvalue weighted by atomic mass is 9.83. The maximum atomic E-state index is 13.2. The highest BCUT2D eigenvalue weighted by molar-refractivity contribution is 8.16. The average molecular weight is 1390 g/mol. The van der Waals surface area contributed by atoms with Gasteiger partial charge in [-0.15, -0.1) is 23.5 Å². The van der Waals surface area contributed by atoms with Gasteiger partial charge in [0, 0.05) is 40.8 Å². The molecule has 0 radical (unpaired) electrons. The van der Waals surface area contributed by atoms with E-state index >= 15 is 0 Å².